The molecule has 3 rings (SSSR count). The number of carbonyl (C=O) groups is 3. The SMILES string of the molecule is CC(=O)NNC(=O)c1cc(Br)cc(C)c1NC(=O)c1cc(C(F)(F)F)nn1-c1ncccc1Cl. The van der Waals surface area contributed by atoms with Gasteiger partial charge in [-0.3, -0.25) is 25.2 Å². The van der Waals surface area contributed by atoms with E-state index in [9.17, 15) is 27.6 Å². The predicted molar refractivity (Wildman–Crippen MR) is 119 cm³/mol. The molecule has 9 nitrogen and oxygen atoms in total. The van der Waals surface area contributed by atoms with Gasteiger partial charge in [0.25, 0.3) is 11.8 Å². The zero-order valence-electron chi connectivity index (χ0n) is 17.4. The molecule has 0 radical (unpaired) electrons. The summed E-state index contributed by atoms with van der Waals surface area (Å²) < 4.78 is 41.2. The maximum absolute atomic E-state index is 13.4. The third kappa shape index (κ3) is 5.54. The normalized spacial score (nSPS) is 11.1. The Morgan fingerprint density at radius 3 is 2.44 bits per heavy atom. The maximum Gasteiger partial charge on any atom is 0.435 e. The first-order valence-electron chi connectivity index (χ1n) is 9.35. The highest BCUT2D eigenvalue weighted by Crippen LogP contribution is 2.31. The van der Waals surface area contributed by atoms with Crippen molar-refractivity contribution in [1.29, 1.82) is 0 Å². The number of aromatic nitrogens is 3. The molecular formula is C20H15BrClF3N6O3. The molecule has 0 saturated heterocycles. The summed E-state index contributed by atoms with van der Waals surface area (Å²) in [6.07, 6.45) is -3.57. The van der Waals surface area contributed by atoms with Gasteiger partial charge in [0.1, 0.15) is 5.69 Å². The molecule has 0 bridgehead atoms. The molecule has 0 fully saturated rings. The molecule has 0 aliphatic heterocycles. The number of benzene rings is 1. The van der Waals surface area contributed by atoms with E-state index in [-0.39, 0.29) is 22.1 Å². The zero-order valence-corrected chi connectivity index (χ0v) is 19.8. The third-order valence-electron chi connectivity index (χ3n) is 4.31. The molecule has 3 aromatic rings. The summed E-state index contributed by atoms with van der Waals surface area (Å²) in [6.45, 7) is 2.75. The predicted octanol–water partition coefficient (Wildman–Crippen LogP) is 4.04. The van der Waals surface area contributed by atoms with Crippen molar-refractivity contribution in [3.05, 3.63) is 68.5 Å². The lowest BCUT2D eigenvalue weighted by atomic mass is 10.1. The lowest BCUT2D eigenvalue weighted by molar-refractivity contribution is -0.141. The van der Waals surface area contributed by atoms with Crippen molar-refractivity contribution in [2.24, 2.45) is 0 Å². The molecule has 2 heterocycles. The van der Waals surface area contributed by atoms with Crippen LogP contribution in [-0.2, 0) is 11.0 Å². The molecule has 178 valence electrons. The average Bonchev–Trinajstić information content (AvgIpc) is 3.20. The largest absolute Gasteiger partial charge is 0.435 e. The lowest BCUT2D eigenvalue weighted by Crippen LogP contribution is -2.40. The van der Waals surface area contributed by atoms with Crippen LogP contribution in [0.15, 0.2) is 41.0 Å². The van der Waals surface area contributed by atoms with E-state index in [0.29, 0.717) is 20.8 Å². The first-order valence-corrected chi connectivity index (χ1v) is 10.5. The van der Waals surface area contributed by atoms with Crippen molar-refractivity contribution in [2.75, 3.05) is 5.32 Å². The molecule has 0 aliphatic carbocycles. The van der Waals surface area contributed by atoms with Crippen molar-refractivity contribution in [3.8, 4) is 5.82 Å². The van der Waals surface area contributed by atoms with Crippen LogP contribution in [0.25, 0.3) is 5.82 Å². The van der Waals surface area contributed by atoms with E-state index in [2.05, 4.69) is 42.2 Å². The fourth-order valence-electron chi connectivity index (χ4n) is 2.85. The van der Waals surface area contributed by atoms with E-state index in [1.807, 2.05) is 0 Å². The van der Waals surface area contributed by atoms with Gasteiger partial charge in [-0.2, -0.15) is 18.3 Å². The highest BCUT2D eigenvalue weighted by molar-refractivity contribution is 9.10. The third-order valence-corrected chi connectivity index (χ3v) is 5.06. The molecule has 14 heteroatoms. The highest BCUT2D eigenvalue weighted by Gasteiger charge is 2.36. The van der Waals surface area contributed by atoms with Crippen LogP contribution in [0.2, 0.25) is 5.02 Å². The fraction of sp³-hybridized carbons (Fsp3) is 0.150. The Morgan fingerprint density at radius 2 is 1.82 bits per heavy atom. The van der Waals surface area contributed by atoms with Crippen molar-refractivity contribution in [3.63, 3.8) is 0 Å². The van der Waals surface area contributed by atoms with Gasteiger partial charge in [-0.25, -0.2) is 9.67 Å². The van der Waals surface area contributed by atoms with Gasteiger partial charge in [-0.15, -0.1) is 0 Å². The molecular weight excluding hydrogens is 545 g/mol. The molecule has 3 amide bonds. The number of hydrogen-bond acceptors (Lipinski definition) is 5. The summed E-state index contributed by atoms with van der Waals surface area (Å²) >= 11 is 9.30. The smallest absolute Gasteiger partial charge is 0.320 e. The number of carbonyl (C=O) groups excluding carboxylic acids is 3. The van der Waals surface area contributed by atoms with Crippen molar-refractivity contribution in [2.45, 2.75) is 20.0 Å². The van der Waals surface area contributed by atoms with Gasteiger partial charge in [0, 0.05) is 23.7 Å². The van der Waals surface area contributed by atoms with Crippen LogP contribution in [0.3, 0.4) is 0 Å². The van der Waals surface area contributed by atoms with E-state index in [4.69, 9.17) is 11.6 Å². The second-order valence-corrected chi connectivity index (χ2v) is 8.19. The minimum Gasteiger partial charge on any atom is -0.320 e. The molecule has 0 aliphatic rings. The topological polar surface area (TPSA) is 118 Å². The number of hydrogen-bond donors (Lipinski definition) is 3. The summed E-state index contributed by atoms with van der Waals surface area (Å²) in [5, 5.41) is 5.88. The summed E-state index contributed by atoms with van der Waals surface area (Å²) in [6, 6.07) is 6.34. The van der Waals surface area contributed by atoms with Crippen LogP contribution in [0.4, 0.5) is 18.9 Å². The number of alkyl halides is 3. The molecule has 2 aromatic heterocycles. The van der Waals surface area contributed by atoms with Gasteiger partial charge >= 0.3 is 6.18 Å². The van der Waals surface area contributed by atoms with E-state index >= 15 is 0 Å². The van der Waals surface area contributed by atoms with E-state index in [0.717, 1.165) is 0 Å². The molecule has 1 aromatic carbocycles. The van der Waals surface area contributed by atoms with E-state index < -0.39 is 35.3 Å². The number of halogens is 5. The maximum atomic E-state index is 13.4. The lowest BCUT2D eigenvalue weighted by Gasteiger charge is -2.15. The Kier molecular flexibility index (Phi) is 7.26. The number of nitrogens with one attached hydrogen (secondary N) is 3. The highest BCUT2D eigenvalue weighted by atomic mass is 79.9. The monoisotopic (exact) mass is 558 g/mol. The van der Waals surface area contributed by atoms with Crippen LogP contribution in [0, 0.1) is 6.92 Å². The zero-order chi connectivity index (χ0) is 25.2. The van der Waals surface area contributed by atoms with Crippen LogP contribution in [0.5, 0.6) is 0 Å². The second kappa shape index (κ2) is 9.81. The van der Waals surface area contributed by atoms with Gasteiger partial charge < -0.3 is 5.32 Å². The minimum atomic E-state index is -4.85. The molecule has 0 spiro atoms. The fourth-order valence-corrected chi connectivity index (χ4v) is 3.63. The van der Waals surface area contributed by atoms with Crippen molar-refractivity contribution < 1.29 is 27.6 Å². The van der Waals surface area contributed by atoms with Gasteiger partial charge in [-0.05, 0) is 36.8 Å². The summed E-state index contributed by atoms with van der Waals surface area (Å²) in [5.41, 5.74) is 2.78. The molecule has 0 atom stereocenters. The average molecular weight is 560 g/mol. The van der Waals surface area contributed by atoms with Gasteiger partial charge in [0.15, 0.2) is 11.5 Å². The van der Waals surface area contributed by atoms with Crippen molar-refractivity contribution >= 4 is 50.9 Å². The molecule has 0 saturated carbocycles. The Balaban J connectivity index is 2.07. The Hall–Kier alpha value is -3.45. The molecule has 0 unspecified atom stereocenters. The number of anilines is 1. The van der Waals surface area contributed by atoms with Crippen LogP contribution >= 0.6 is 27.5 Å². The standard InChI is InChI=1S/C20H15BrClF3N6O3/c1-9-6-11(21)7-12(18(33)29-28-10(2)32)16(9)27-19(34)14-8-15(20(23,24)25)30-31(14)17-13(22)4-3-5-26-17/h3-8H,1-2H3,(H,27,34)(H,28,32)(H,29,33). The molecule has 3 N–H and O–H groups in total. The van der Waals surface area contributed by atoms with E-state index in [1.165, 1.54) is 31.3 Å². The summed E-state index contributed by atoms with van der Waals surface area (Å²) in [7, 11) is 0. The number of amides is 3. The second-order valence-electron chi connectivity index (χ2n) is 6.87. The van der Waals surface area contributed by atoms with Crippen LogP contribution in [0.1, 0.15) is 39.0 Å². The van der Waals surface area contributed by atoms with Gasteiger partial charge in [0.05, 0.1) is 16.3 Å². The first-order chi connectivity index (χ1) is 15.9. The number of nitrogens with zero attached hydrogens (tertiary/aromatic N) is 3. The Labute approximate surface area is 203 Å². The first kappa shape index (κ1) is 25.2. The van der Waals surface area contributed by atoms with E-state index in [1.54, 1.807) is 13.0 Å². The number of hydrazine groups is 1. The Bertz CT molecular complexity index is 1300. The van der Waals surface area contributed by atoms with Gasteiger partial charge in [-0.1, -0.05) is 27.5 Å². The Morgan fingerprint density at radius 1 is 1.12 bits per heavy atom. The van der Waals surface area contributed by atoms with Crippen molar-refractivity contribution in [1.82, 2.24) is 25.6 Å². The number of aryl methyl sites for hydroxylation is 1. The van der Waals surface area contributed by atoms with Gasteiger partial charge in [0.2, 0.25) is 5.91 Å². The minimum absolute atomic E-state index is 0.00415. The summed E-state index contributed by atoms with van der Waals surface area (Å²) in [5.74, 6) is -2.52. The summed E-state index contributed by atoms with van der Waals surface area (Å²) in [4.78, 5) is 40.7. The van der Waals surface area contributed by atoms with Crippen LogP contribution in [-0.4, -0.2) is 32.5 Å². The molecule has 34 heavy (non-hydrogen) atoms. The number of rotatable bonds is 4. The van der Waals surface area contributed by atoms with Crippen LogP contribution < -0.4 is 16.2 Å². The number of pyridine rings is 1. The quantitative estimate of drug-likeness (QED) is 0.417.